The number of nitrogens with one attached hydrogen (secondary N) is 1. The number of fused-ring (bicyclic) bond motifs is 1. The van der Waals surface area contributed by atoms with Crippen LogP contribution in [0.2, 0.25) is 10.0 Å². The van der Waals surface area contributed by atoms with Gasteiger partial charge in [-0.3, -0.25) is 9.59 Å². The van der Waals surface area contributed by atoms with E-state index in [0.29, 0.717) is 26.9 Å². The maximum absolute atomic E-state index is 13.1. The highest BCUT2D eigenvalue weighted by atomic mass is 35.5. The fourth-order valence-corrected chi connectivity index (χ4v) is 3.37. The first kappa shape index (κ1) is 20.9. The van der Waals surface area contributed by atoms with Gasteiger partial charge in [-0.1, -0.05) is 35.3 Å². The van der Waals surface area contributed by atoms with Crippen molar-refractivity contribution in [2.24, 2.45) is 0 Å². The maximum Gasteiger partial charge on any atom is 0.262 e. The SMILES string of the molecule is O=C(COc1c(-c2ccccc2Cl)oc2ccc(Cl)cc2c1=O)Nc1ccc(F)cc1. The van der Waals surface area contributed by atoms with Crippen molar-refractivity contribution in [2.45, 2.75) is 0 Å². The monoisotopic (exact) mass is 457 g/mol. The number of carbonyl (C=O) groups is 1. The van der Waals surface area contributed by atoms with E-state index in [2.05, 4.69) is 5.32 Å². The van der Waals surface area contributed by atoms with Gasteiger partial charge in [0.2, 0.25) is 11.2 Å². The molecule has 1 aromatic heterocycles. The molecule has 0 saturated carbocycles. The number of hydrogen-bond donors (Lipinski definition) is 1. The molecule has 1 N–H and O–H groups in total. The second-order valence-electron chi connectivity index (χ2n) is 6.55. The lowest BCUT2D eigenvalue weighted by atomic mass is 10.1. The number of carbonyl (C=O) groups excluding carboxylic acids is 1. The molecule has 4 rings (SSSR count). The van der Waals surface area contributed by atoms with Crippen molar-refractivity contribution >= 4 is 45.8 Å². The fraction of sp³-hybridized carbons (Fsp3) is 0.0435. The molecule has 0 unspecified atom stereocenters. The summed E-state index contributed by atoms with van der Waals surface area (Å²) in [6.45, 7) is -0.480. The van der Waals surface area contributed by atoms with Crippen LogP contribution in [0.3, 0.4) is 0 Å². The summed E-state index contributed by atoms with van der Waals surface area (Å²) in [4.78, 5) is 25.4. The molecule has 31 heavy (non-hydrogen) atoms. The summed E-state index contributed by atoms with van der Waals surface area (Å²) in [5.41, 5.74) is 0.631. The van der Waals surface area contributed by atoms with E-state index in [9.17, 15) is 14.0 Å². The molecule has 0 aliphatic rings. The van der Waals surface area contributed by atoms with Crippen LogP contribution in [-0.2, 0) is 4.79 Å². The topological polar surface area (TPSA) is 68.5 Å². The summed E-state index contributed by atoms with van der Waals surface area (Å²) in [7, 11) is 0. The Morgan fingerprint density at radius 3 is 2.52 bits per heavy atom. The molecule has 156 valence electrons. The average molecular weight is 458 g/mol. The van der Waals surface area contributed by atoms with E-state index < -0.39 is 23.8 Å². The maximum atomic E-state index is 13.1. The Kier molecular flexibility index (Phi) is 5.93. The predicted molar refractivity (Wildman–Crippen MR) is 118 cm³/mol. The van der Waals surface area contributed by atoms with Gasteiger partial charge in [-0.2, -0.15) is 0 Å². The zero-order valence-corrected chi connectivity index (χ0v) is 17.3. The third kappa shape index (κ3) is 4.55. The van der Waals surface area contributed by atoms with Gasteiger partial charge in [-0.05, 0) is 54.6 Å². The van der Waals surface area contributed by atoms with Crippen LogP contribution in [0, 0.1) is 5.82 Å². The van der Waals surface area contributed by atoms with E-state index in [4.69, 9.17) is 32.4 Å². The van der Waals surface area contributed by atoms with Gasteiger partial charge in [-0.15, -0.1) is 0 Å². The molecule has 0 spiro atoms. The summed E-state index contributed by atoms with van der Waals surface area (Å²) >= 11 is 12.3. The lowest BCUT2D eigenvalue weighted by Crippen LogP contribution is -2.22. The highest BCUT2D eigenvalue weighted by Crippen LogP contribution is 2.35. The first-order chi connectivity index (χ1) is 14.9. The molecular weight excluding hydrogens is 444 g/mol. The normalized spacial score (nSPS) is 10.8. The molecule has 1 amide bonds. The van der Waals surface area contributed by atoms with Crippen LogP contribution in [0.25, 0.3) is 22.3 Å². The number of ether oxygens (including phenoxy) is 1. The molecule has 0 aliphatic carbocycles. The first-order valence-corrected chi connectivity index (χ1v) is 9.87. The molecule has 3 aromatic carbocycles. The second-order valence-corrected chi connectivity index (χ2v) is 7.40. The minimum Gasteiger partial charge on any atom is -0.476 e. The quantitative estimate of drug-likeness (QED) is 0.403. The standard InChI is InChI=1S/C23H14Cl2FNO4/c24-13-5-10-19-17(11-13)21(29)23(22(31-19)16-3-1-2-4-18(16)25)30-12-20(28)27-15-8-6-14(26)7-9-15/h1-11H,12H2,(H,27,28). The number of rotatable bonds is 5. The molecule has 8 heteroatoms. The van der Waals surface area contributed by atoms with E-state index in [-0.39, 0.29) is 16.9 Å². The average Bonchev–Trinajstić information content (AvgIpc) is 2.75. The van der Waals surface area contributed by atoms with Crippen LogP contribution in [-0.4, -0.2) is 12.5 Å². The van der Waals surface area contributed by atoms with E-state index in [1.807, 2.05) is 0 Å². The summed E-state index contributed by atoms with van der Waals surface area (Å²) in [5.74, 6) is -1.04. The molecule has 4 aromatic rings. The minimum atomic E-state index is -0.540. The Labute approximate surface area is 186 Å². The van der Waals surface area contributed by atoms with Gasteiger partial charge in [0.1, 0.15) is 11.4 Å². The Balaban J connectivity index is 1.71. The predicted octanol–water partition coefficient (Wildman–Crippen LogP) is 5.92. The molecule has 5 nitrogen and oxygen atoms in total. The zero-order chi connectivity index (χ0) is 22.0. The third-order valence-corrected chi connectivity index (χ3v) is 4.97. The van der Waals surface area contributed by atoms with Crippen LogP contribution in [0.4, 0.5) is 10.1 Å². The molecule has 0 fully saturated rings. The van der Waals surface area contributed by atoms with E-state index in [1.54, 1.807) is 36.4 Å². The molecule has 1 heterocycles. The fourth-order valence-electron chi connectivity index (χ4n) is 2.97. The largest absolute Gasteiger partial charge is 0.476 e. The minimum absolute atomic E-state index is 0.0972. The molecule has 0 bridgehead atoms. The zero-order valence-electron chi connectivity index (χ0n) is 15.8. The second kappa shape index (κ2) is 8.79. The Bertz CT molecular complexity index is 1340. The lowest BCUT2D eigenvalue weighted by Gasteiger charge is -2.13. The van der Waals surface area contributed by atoms with Gasteiger partial charge >= 0.3 is 0 Å². The third-order valence-electron chi connectivity index (χ3n) is 4.40. The van der Waals surface area contributed by atoms with Gasteiger partial charge < -0.3 is 14.5 Å². The van der Waals surface area contributed by atoms with Crippen LogP contribution < -0.4 is 15.5 Å². The molecule has 0 saturated heterocycles. The van der Waals surface area contributed by atoms with Gasteiger partial charge in [-0.25, -0.2) is 4.39 Å². The Morgan fingerprint density at radius 1 is 1.03 bits per heavy atom. The van der Waals surface area contributed by atoms with Crippen LogP contribution >= 0.6 is 23.2 Å². The summed E-state index contributed by atoms with van der Waals surface area (Å²) < 4.78 is 24.5. The van der Waals surface area contributed by atoms with Gasteiger partial charge in [0, 0.05) is 16.3 Å². The number of benzene rings is 3. The van der Waals surface area contributed by atoms with Crippen molar-refractivity contribution in [2.75, 3.05) is 11.9 Å². The Hall–Kier alpha value is -3.35. The molecule has 0 atom stereocenters. The number of amides is 1. The molecule has 0 aliphatic heterocycles. The van der Waals surface area contributed by atoms with Gasteiger partial charge in [0.05, 0.1) is 10.4 Å². The summed E-state index contributed by atoms with van der Waals surface area (Å²) in [5, 5.41) is 3.47. The number of anilines is 1. The van der Waals surface area contributed by atoms with Crippen LogP contribution in [0.15, 0.2) is 75.9 Å². The van der Waals surface area contributed by atoms with Crippen molar-refractivity contribution in [3.05, 3.63) is 92.8 Å². The first-order valence-electron chi connectivity index (χ1n) is 9.12. The highest BCUT2D eigenvalue weighted by Gasteiger charge is 2.20. The van der Waals surface area contributed by atoms with Gasteiger partial charge in [0.25, 0.3) is 5.91 Å². The van der Waals surface area contributed by atoms with Gasteiger partial charge in [0.15, 0.2) is 12.4 Å². The lowest BCUT2D eigenvalue weighted by molar-refractivity contribution is -0.118. The summed E-state index contributed by atoms with van der Waals surface area (Å²) in [6, 6.07) is 16.7. The van der Waals surface area contributed by atoms with E-state index >= 15 is 0 Å². The van der Waals surface area contributed by atoms with Crippen molar-refractivity contribution < 1.29 is 18.3 Å². The van der Waals surface area contributed by atoms with E-state index in [1.165, 1.54) is 30.3 Å². The van der Waals surface area contributed by atoms with Crippen LogP contribution in [0.5, 0.6) is 5.75 Å². The van der Waals surface area contributed by atoms with E-state index in [0.717, 1.165) is 0 Å². The van der Waals surface area contributed by atoms with Crippen molar-refractivity contribution in [1.82, 2.24) is 0 Å². The number of hydrogen-bond acceptors (Lipinski definition) is 4. The number of halogens is 3. The van der Waals surface area contributed by atoms with Crippen molar-refractivity contribution in [3.8, 4) is 17.1 Å². The molecular formula is C23H14Cl2FNO4. The summed E-state index contributed by atoms with van der Waals surface area (Å²) in [6.07, 6.45) is 0. The molecule has 0 radical (unpaired) electrons. The highest BCUT2D eigenvalue weighted by molar-refractivity contribution is 6.33. The van der Waals surface area contributed by atoms with Crippen LogP contribution in [0.1, 0.15) is 0 Å². The Morgan fingerprint density at radius 2 is 1.77 bits per heavy atom. The van der Waals surface area contributed by atoms with Crippen molar-refractivity contribution in [3.63, 3.8) is 0 Å². The smallest absolute Gasteiger partial charge is 0.262 e. The van der Waals surface area contributed by atoms with Crippen molar-refractivity contribution in [1.29, 1.82) is 0 Å².